The lowest BCUT2D eigenvalue weighted by molar-refractivity contribution is -0.117. The summed E-state index contributed by atoms with van der Waals surface area (Å²) in [6.07, 6.45) is 2.13. The van der Waals surface area contributed by atoms with Crippen LogP contribution >= 0.6 is 11.3 Å². The molecular formula is C19H20N4O2S. The summed E-state index contributed by atoms with van der Waals surface area (Å²) in [4.78, 5) is 29.6. The Hall–Kier alpha value is -2.98. The summed E-state index contributed by atoms with van der Waals surface area (Å²) in [6, 6.07) is 11.7. The van der Waals surface area contributed by atoms with Gasteiger partial charge in [-0.25, -0.2) is 4.98 Å². The zero-order valence-corrected chi connectivity index (χ0v) is 15.5. The van der Waals surface area contributed by atoms with Crippen molar-refractivity contribution in [3.05, 3.63) is 52.5 Å². The molecule has 134 valence electrons. The number of nitriles is 1. The largest absolute Gasteiger partial charge is 0.351 e. The van der Waals surface area contributed by atoms with E-state index in [1.165, 1.54) is 29.2 Å². The Bertz CT molecular complexity index is 837. The number of nitrogens with one attached hydrogen (secondary N) is 1. The summed E-state index contributed by atoms with van der Waals surface area (Å²) >= 11 is 1.30. The van der Waals surface area contributed by atoms with E-state index < -0.39 is 5.91 Å². The summed E-state index contributed by atoms with van der Waals surface area (Å²) in [5.41, 5.74) is 1.59. The first kappa shape index (κ1) is 19.3. The van der Waals surface area contributed by atoms with Crippen LogP contribution in [-0.4, -0.2) is 29.9 Å². The van der Waals surface area contributed by atoms with Gasteiger partial charge >= 0.3 is 0 Å². The molecule has 7 heteroatoms. The molecule has 2 aromatic rings. The normalized spacial score (nSPS) is 10.9. The van der Waals surface area contributed by atoms with Gasteiger partial charge in [0.05, 0.1) is 5.69 Å². The summed E-state index contributed by atoms with van der Waals surface area (Å²) in [6.45, 7) is 4.29. The van der Waals surface area contributed by atoms with Crippen molar-refractivity contribution in [2.24, 2.45) is 0 Å². The van der Waals surface area contributed by atoms with Crippen molar-refractivity contribution in [3.8, 4) is 6.07 Å². The summed E-state index contributed by atoms with van der Waals surface area (Å²) in [5, 5.41) is 14.3. The lowest BCUT2D eigenvalue weighted by Gasteiger charge is -2.14. The van der Waals surface area contributed by atoms with Crippen LogP contribution in [0.3, 0.4) is 0 Å². The molecule has 0 aliphatic heterocycles. The van der Waals surface area contributed by atoms with Crippen LogP contribution in [0.15, 0.2) is 41.3 Å². The molecule has 0 bridgehead atoms. The minimum absolute atomic E-state index is 0.0132. The second-order valence-electron chi connectivity index (χ2n) is 5.48. The van der Waals surface area contributed by atoms with Gasteiger partial charge in [-0.3, -0.25) is 14.5 Å². The number of thiazole rings is 1. The van der Waals surface area contributed by atoms with Crippen LogP contribution in [0, 0.1) is 11.3 Å². The van der Waals surface area contributed by atoms with Crippen molar-refractivity contribution >= 4 is 34.4 Å². The van der Waals surface area contributed by atoms with Gasteiger partial charge in [0.15, 0.2) is 5.13 Å². The number of benzene rings is 1. The SMILES string of the molecule is CCN(C(C)=O)c1nc(/C=C(\C#N)C(=O)NCCc2ccccc2)cs1. The van der Waals surface area contributed by atoms with Crippen molar-refractivity contribution in [3.63, 3.8) is 0 Å². The average molecular weight is 368 g/mol. The third kappa shape index (κ3) is 5.26. The lowest BCUT2D eigenvalue weighted by atomic mass is 10.1. The predicted octanol–water partition coefficient (Wildman–Crippen LogP) is 2.78. The molecule has 2 rings (SSSR count). The van der Waals surface area contributed by atoms with Crippen molar-refractivity contribution in [1.82, 2.24) is 10.3 Å². The van der Waals surface area contributed by atoms with Crippen LogP contribution in [0.1, 0.15) is 25.1 Å². The van der Waals surface area contributed by atoms with Crippen LogP contribution in [0.2, 0.25) is 0 Å². The number of hydrogen-bond donors (Lipinski definition) is 1. The zero-order chi connectivity index (χ0) is 18.9. The Balaban J connectivity index is 2.01. The average Bonchev–Trinajstić information content (AvgIpc) is 3.09. The molecule has 0 radical (unpaired) electrons. The Morgan fingerprint density at radius 3 is 2.69 bits per heavy atom. The third-order valence-corrected chi connectivity index (χ3v) is 4.52. The van der Waals surface area contributed by atoms with Crippen LogP contribution < -0.4 is 10.2 Å². The van der Waals surface area contributed by atoms with E-state index in [0.29, 0.717) is 30.3 Å². The lowest BCUT2D eigenvalue weighted by Crippen LogP contribution is -2.27. The maximum Gasteiger partial charge on any atom is 0.262 e. The first-order valence-corrected chi connectivity index (χ1v) is 9.10. The third-order valence-electron chi connectivity index (χ3n) is 3.64. The first-order valence-electron chi connectivity index (χ1n) is 8.22. The highest BCUT2D eigenvalue weighted by Crippen LogP contribution is 2.22. The van der Waals surface area contributed by atoms with Crippen LogP contribution in [0.4, 0.5) is 5.13 Å². The van der Waals surface area contributed by atoms with E-state index in [0.717, 1.165) is 5.56 Å². The molecule has 0 fully saturated rings. The Morgan fingerprint density at radius 2 is 2.08 bits per heavy atom. The molecular weight excluding hydrogens is 348 g/mol. The van der Waals surface area contributed by atoms with Crippen LogP contribution in [0.5, 0.6) is 0 Å². The minimum atomic E-state index is -0.433. The highest BCUT2D eigenvalue weighted by Gasteiger charge is 2.14. The predicted molar refractivity (Wildman–Crippen MR) is 103 cm³/mol. The van der Waals surface area contributed by atoms with E-state index in [1.807, 2.05) is 43.3 Å². The van der Waals surface area contributed by atoms with Gasteiger partial charge in [0.2, 0.25) is 5.91 Å². The number of carbonyl (C=O) groups excluding carboxylic acids is 2. The molecule has 0 saturated heterocycles. The summed E-state index contributed by atoms with van der Waals surface area (Å²) in [5.74, 6) is -0.534. The fourth-order valence-corrected chi connectivity index (χ4v) is 3.21. The molecule has 1 aromatic carbocycles. The molecule has 1 N–H and O–H groups in total. The van der Waals surface area contributed by atoms with E-state index >= 15 is 0 Å². The molecule has 0 spiro atoms. The molecule has 0 aliphatic rings. The fraction of sp³-hybridized carbons (Fsp3) is 0.263. The molecule has 26 heavy (non-hydrogen) atoms. The monoisotopic (exact) mass is 368 g/mol. The van der Waals surface area contributed by atoms with Crippen molar-refractivity contribution in [1.29, 1.82) is 5.26 Å². The molecule has 0 atom stereocenters. The second kappa shape index (κ2) is 9.49. The van der Waals surface area contributed by atoms with Gasteiger partial charge in [0.25, 0.3) is 5.91 Å². The Morgan fingerprint density at radius 1 is 1.35 bits per heavy atom. The van der Waals surface area contributed by atoms with Gasteiger partial charge in [-0.1, -0.05) is 30.3 Å². The molecule has 0 unspecified atom stereocenters. The van der Waals surface area contributed by atoms with Gasteiger partial charge in [-0.2, -0.15) is 5.26 Å². The van der Waals surface area contributed by atoms with Crippen LogP contribution in [0.25, 0.3) is 6.08 Å². The minimum Gasteiger partial charge on any atom is -0.351 e. The zero-order valence-electron chi connectivity index (χ0n) is 14.7. The summed E-state index contributed by atoms with van der Waals surface area (Å²) < 4.78 is 0. The topological polar surface area (TPSA) is 86.1 Å². The smallest absolute Gasteiger partial charge is 0.262 e. The van der Waals surface area contributed by atoms with E-state index in [-0.39, 0.29) is 11.5 Å². The first-order chi connectivity index (χ1) is 12.5. The number of rotatable bonds is 7. The summed E-state index contributed by atoms with van der Waals surface area (Å²) in [7, 11) is 0. The number of hydrogen-bond acceptors (Lipinski definition) is 5. The second-order valence-corrected chi connectivity index (χ2v) is 6.32. The van der Waals surface area contributed by atoms with Crippen LogP contribution in [-0.2, 0) is 16.0 Å². The highest BCUT2D eigenvalue weighted by atomic mass is 32.1. The van der Waals surface area contributed by atoms with Gasteiger partial charge in [0.1, 0.15) is 11.6 Å². The molecule has 0 saturated carbocycles. The van der Waals surface area contributed by atoms with Gasteiger partial charge in [0, 0.05) is 25.4 Å². The fourth-order valence-electron chi connectivity index (χ4n) is 2.32. The number of aromatic nitrogens is 1. The van der Waals surface area contributed by atoms with E-state index in [4.69, 9.17) is 0 Å². The molecule has 6 nitrogen and oxygen atoms in total. The maximum atomic E-state index is 12.2. The molecule has 0 aliphatic carbocycles. The number of nitrogens with zero attached hydrogens (tertiary/aromatic N) is 3. The van der Waals surface area contributed by atoms with Gasteiger partial charge < -0.3 is 5.32 Å². The van der Waals surface area contributed by atoms with Gasteiger partial charge in [-0.05, 0) is 25.0 Å². The number of anilines is 1. The molecule has 1 aromatic heterocycles. The maximum absolute atomic E-state index is 12.2. The highest BCUT2D eigenvalue weighted by molar-refractivity contribution is 7.14. The number of amides is 2. The standard InChI is InChI=1S/C19H20N4O2S/c1-3-23(14(2)24)19-22-17(13-26-19)11-16(12-20)18(25)21-10-9-15-7-5-4-6-8-15/h4-8,11,13H,3,9-10H2,1-2H3,(H,21,25)/b16-11+. The van der Waals surface area contributed by atoms with Gasteiger partial charge in [-0.15, -0.1) is 11.3 Å². The van der Waals surface area contributed by atoms with E-state index in [2.05, 4.69) is 10.3 Å². The quantitative estimate of drug-likeness (QED) is 0.601. The van der Waals surface area contributed by atoms with E-state index in [9.17, 15) is 14.9 Å². The van der Waals surface area contributed by atoms with Crippen molar-refractivity contribution in [2.75, 3.05) is 18.0 Å². The number of carbonyl (C=O) groups is 2. The molecule has 1 heterocycles. The Labute approximate surface area is 156 Å². The molecule has 2 amide bonds. The Kier molecular flexibility index (Phi) is 7.06. The van der Waals surface area contributed by atoms with Crippen molar-refractivity contribution < 1.29 is 9.59 Å². The van der Waals surface area contributed by atoms with Crippen molar-refractivity contribution in [2.45, 2.75) is 20.3 Å². The van der Waals surface area contributed by atoms with E-state index in [1.54, 1.807) is 5.38 Å².